The van der Waals surface area contributed by atoms with Crippen LogP contribution in [0.25, 0.3) is 0 Å². The number of aliphatic hydroxyl groups is 2. The molecule has 4 unspecified atom stereocenters. The van der Waals surface area contributed by atoms with Crippen LogP contribution in [0.5, 0.6) is 0 Å². The van der Waals surface area contributed by atoms with Crippen molar-refractivity contribution >= 4 is 11.4 Å². The Morgan fingerprint density at radius 2 is 1.91 bits per heavy atom. The van der Waals surface area contributed by atoms with Crippen molar-refractivity contribution in [1.29, 1.82) is 0 Å². The monoisotopic (exact) mass is 445 g/mol. The van der Waals surface area contributed by atoms with E-state index in [0.717, 1.165) is 43.5 Å². The number of oxime groups is 1. The largest absolute Gasteiger partial charge is 0.393 e. The van der Waals surface area contributed by atoms with Gasteiger partial charge in [-0.1, -0.05) is 31.5 Å². The second-order valence-electron chi connectivity index (χ2n) is 11.6. The zero-order valence-corrected chi connectivity index (χ0v) is 20.9. The van der Waals surface area contributed by atoms with Gasteiger partial charge >= 0.3 is 0 Å². The van der Waals surface area contributed by atoms with Gasteiger partial charge in [0.15, 0.2) is 0 Å². The van der Waals surface area contributed by atoms with Gasteiger partial charge < -0.3 is 20.1 Å². The average molecular weight is 446 g/mol. The van der Waals surface area contributed by atoms with Gasteiger partial charge in [-0.3, -0.25) is 0 Å². The molecule has 6 nitrogen and oxygen atoms in total. The van der Waals surface area contributed by atoms with E-state index in [-0.39, 0.29) is 24.0 Å². The molecular formula is C26H43N3O3. The van der Waals surface area contributed by atoms with Crippen LogP contribution in [0.3, 0.4) is 0 Å². The van der Waals surface area contributed by atoms with Crippen molar-refractivity contribution in [1.82, 2.24) is 5.01 Å². The molecule has 4 rings (SSSR count). The van der Waals surface area contributed by atoms with Gasteiger partial charge in [0.05, 0.1) is 18.0 Å². The van der Waals surface area contributed by atoms with Crippen LogP contribution in [-0.2, 0) is 4.84 Å². The maximum Gasteiger partial charge on any atom is 0.140 e. The van der Waals surface area contributed by atoms with Gasteiger partial charge in [0.1, 0.15) is 12.2 Å². The molecule has 0 amide bonds. The van der Waals surface area contributed by atoms with E-state index in [1.165, 1.54) is 12.8 Å². The Bertz CT molecular complexity index is 821. The summed E-state index contributed by atoms with van der Waals surface area (Å²) in [7, 11) is 3.87. The summed E-state index contributed by atoms with van der Waals surface area (Å²) >= 11 is 0. The van der Waals surface area contributed by atoms with Crippen molar-refractivity contribution < 1.29 is 15.1 Å². The molecule has 180 valence electrons. The molecule has 0 spiro atoms. The second kappa shape index (κ2) is 8.43. The van der Waals surface area contributed by atoms with Crippen molar-refractivity contribution in [3.05, 3.63) is 11.6 Å². The Kier molecular flexibility index (Phi) is 6.25. The van der Waals surface area contributed by atoms with Crippen molar-refractivity contribution in [3.63, 3.8) is 0 Å². The fraction of sp³-hybridized carbons (Fsp3) is 0.846. The lowest BCUT2D eigenvalue weighted by atomic mass is 9.44. The first kappa shape index (κ1) is 23.7. The van der Waals surface area contributed by atoms with Crippen molar-refractivity contribution in [2.24, 2.45) is 44.8 Å². The van der Waals surface area contributed by atoms with Gasteiger partial charge in [-0.05, 0) is 87.0 Å². The number of aliphatic hydroxyl groups excluding tert-OH is 1. The van der Waals surface area contributed by atoms with E-state index < -0.39 is 5.60 Å². The first-order valence-electron chi connectivity index (χ1n) is 12.5. The minimum absolute atomic E-state index is 0.00352. The minimum Gasteiger partial charge on any atom is -0.393 e. The van der Waals surface area contributed by atoms with Crippen molar-refractivity contribution in [2.45, 2.75) is 78.2 Å². The number of hydrazone groups is 1. The Labute approximate surface area is 193 Å². The highest BCUT2D eigenvalue weighted by molar-refractivity contribution is 5.96. The molecule has 3 saturated carbocycles. The maximum atomic E-state index is 11.9. The SMILES string of the molecule is C/C(=N\N(C)C)[C@@]1(O)CCC2C3C[C@H](C)C4=C/C(=N/OCCO)CCC4(C)[C@H]3CCC21C. The van der Waals surface area contributed by atoms with Crippen LogP contribution in [0, 0.1) is 34.5 Å². The van der Waals surface area contributed by atoms with E-state index in [4.69, 9.17) is 9.94 Å². The molecule has 2 N–H and O–H groups in total. The highest BCUT2D eigenvalue weighted by Gasteiger charge is 2.65. The number of allylic oxidation sites excluding steroid dienone is 2. The zero-order chi connectivity index (χ0) is 23.3. The molecule has 0 aliphatic heterocycles. The smallest absolute Gasteiger partial charge is 0.140 e. The molecule has 3 fully saturated rings. The Morgan fingerprint density at radius 1 is 1.19 bits per heavy atom. The van der Waals surface area contributed by atoms with Crippen LogP contribution in [0.1, 0.15) is 72.6 Å². The molecular weight excluding hydrogens is 402 g/mol. The van der Waals surface area contributed by atoms with E-state index in [9.17, 15) is 5.11 Å². The molecule has 32 heavy (non-hydrogen) atoms. The molecule has 6 heteroatoms. The van der Waals surface area contributed by atoms with Gasteiger partial charge in [0, 0.05) is 19.5 Å². The van der Waals surface area contributed by atoms with Crippen molar-refractivity contribution in [3.8, 4) is 0 Å². The Balaban J connectivity index is 1.63. The second-order valence-corrected chi connectivity index (χ2v) is 11.6. The predicted octanol–water partition coefficient (Wildman–Crippen LogP) is 4.23. The van der Waals surface area contributed by atoms with E-state index in [1.54, 1.807) is 5.57 Å². The van der Waals surface area contributed by atoms with Crippen LogP contribution in [0.4, 0.5) is 0 Å². The third-order valence-electron chi connectivity index (χ3n) is 9.76. The highest BCUT2D eigenvalue weighted by atomic mass is 16.6. The summed E-state index contributed by atoms with van der Waals surface area (Å²) in [5, 5.41) is 31.7. The van der Waals surface area contributed by atoms with Crippen LogP contribution in [-0.4, -0.2) is 59.6 Å². The van der Waals surface area contributed by atoms with E-state index in [2.05, 4.69) is 37.1 Å². The number of rotatable bonds is 5. The number of hydrogen-bond acceptors (Lipinski definition) is 6. The van der Waals surface area contributed by atoms with Gasteiger partial charge in [-0.15, -0.1) is 0 Å². The number of nitrogens with zero attached hydrogens (tertiary/aromatic N) is 3. The normalized spacial score (nSPS) is 45.1. The van der Waals surface area contributed by atoms with Gasteiger partial charge in [-0.25, -0.2) is 0 Å². The van der Waals surface area contributed by atoms with Gasteiger partial charge in [0.2, 0.25) is 0 Å². The highest BCUT2D eigenvalue weighted by Crippen LogP contribution is 2.68. The molecule has 0 saturated heterocycles. The van der Waals surface area contributed by atoms with Crippen molar-refractivity contribution in [2.75, 3.05) is 27.3 Å². The average Bonchev–Trinajstić information content (AvgIpc) is 3.01. The summed E-state index contributed by atoms with van der Waals surface area (Å²) in [4.78, 5) is 5.27. The van der Waals surface area contributed by atoms with Crippen LogP contribution < -0.4 is 0 Å². The van der Waals surface area contributed by atoms with Crippen LogP contribution >= 0.6 is 0 Å². The maximum absolute atomic E-state index is 11.9. The lowest BCUT2D eigenvalue weighted by Crippen LogP contribution is -2.58. The molecule has 4 aliphatic rings. The van der Waals surface area contributed by atoms with Crippen LogP contribution in [0.2, 0.25) is 0 Å². The van der Waals surface area contributed by atoms with E-state index >= 15 is 0 Å². The summed E-state index contributed by atoms with van der Waals surface area (Å²) in [5.41, 5.74) is 2.73. The summed E-state index contributed by atoms with van der Waals surface area (Å²) in [6.07, 6.45) is 9.69. The molecule has 0 aromatic carbocycles. The van der Waals surface area contributed by atoms with Gasteiger partial charge in [-0.2, -0.15) is 5.10 Å². The summed E-state index contributed by atoms with van der Waals surface area (Å²) in [5.74, 6) is 2.37. The summed E-state index contributed by atoms with van der Waals surface area (Å²) < 4.78 is 0. The van der Waals surface area contributed by atoms with Gasteiger partial charge in [0.25, 0.3) is 0 Å². The third kappa shape index (κ3) is 3.53. The standard InChI is InChI=1S/C26H43N3O3/c1-17-15-20-21(24(3)10-7-19(16-23(17)24)28-32-14-13-30)8-11-25(4)22(20)9-12-26(25,31)18(2)27-29(5)6/h16-17,20-22,30-31H,7-15H2,1-6H3/b27-18+,28-19+/t17-,20?,21-,22?,24?,25?,26-/m0/s1. The first-order valence-corrected chi connectivity index (χ1v) is 12.5. The quantitative estimate of drug-likeness (QED) is 0.377. The molecule has 0 aromatic heterocycles. The van der Waals surface area contributed by atoms with Crippen LogP contribution in [0.15, 0.2) is 21.9 Å². The van der Waals surface area contributed by atoms with E-state index in [0.29, 0.717) is 23.7 Å². The summed E-state index contributed by atoms with van der Waals surface area (Å²) in [6.45, 7) is 9.48. The Morgan fingerprint density at radius 3 is 2.59 bits per heavy atom. The molecule has 0 heterocycles. The first-order chi connectivity index (χ1) is 15.1. The minimum atomic E-state index is -0.802. The number of hydrogen-bond donors (Lipinski definition) is 2. The lowest BCUT2D eigenvalue weighted by Gasteiger charge is -2.60. The fourth-order valence-corrected chi connectivity index (χ4v) is 8.23. The zero-order valence-electron chi connectivity index (χ0n) is 20.9. The molecule has 0 bridgehead atoms. The molecule has 0 radical (unpaired) electrons. The Hall–Kier alpha value is -1.40. The topological polar surface area (TPSA) is 77.7 Å². The summed E-state index contributed by atoms with van der Waals surface area (Å²) in [6, 6.07) is 0. The molecule has 4 aliphatic carbocycles. The lowest BCUT2D eigenvalue weighted by molar-refractivity contribution is -0.100. The predicted molar refractivity (Wildman–Crippen MR) is 128 cm³/mol. The molecule has 0 aromatic rings. The third-order valence-corrected chi connectivity index (χ3v) is 9.76. The molecule has 7 atom stereocenters. The fourth-order valence-electron chi connectivity index (χ4n) is 8.23. The number of fused-ring (bicyclic) bond motifs is 5. The van der Waals surface area contributed by atoms with E-state index in [1.807, 2.05) is 26.0 Å².